The van der Waals surface area contributed by atoms with E-state index in [1.54, 1.807) is 12.1 Å². The van der Waals surface area contributed by atoms with Gasteiger partial charge in [-0.05, 0) is 38.1 Å². The van der Waals surface area contributed by atoms with Gasteiger partial charge in [0.2, 0.25) is 11.8 Å². The smallest absolute Gasteiger partial charge is 0.222 e. The van der Waals surface area contributed by atoms with E-state index in [1.807, 2.05) is 38.1 Å². The summed E-state index contributed by atoms with van der Waals surface area (Å²) >= 11 is 0. The van der Waals surface area contributed by atoms with Gasteiger partial charge in [0.1, 0.15) is 11.6 Å². The SMILES string of the molecule is CC(=O)Nc1cccc(C)n1.CC(=O)Nc1cccc(C)n1. The maximum absolute atomic E-state index is 10.6. The van der Waals surface area contributed by atoms with Gasteiger partial charge in [0.25, 0.3) is 0 Å². The van der Waals surface area contributed by atoms with Crippen molar-refractivity contribution < 1.29 is 9.59 Å². The zero-order valence-electron chi connectivity index (χ0n) is 13.2. The lowest BCUT2D eigenvalue weighted by Crippen LogP contribution is -2.07. The van der Waals surface area contributed by atoms with Crippen LogP contribution in [0.3, 0.4) is 0 Å². The number of aromatic nitrogens is 2. The number of nitrogens with one attached hydrogen (secondary N) is 2. The third-order valence-electron chi connectivity index (χ3n) is 2.38. The summed E-state index contributed by atoms with van der Waals surface area (Å²) in [6, 6.07) is 11.0. The Kier molecular flexibility index (Phi) is 6.69. The van der Waals surface area contributed by atoms with E-state index in [4.69, 9.17) is 0 Å². The molecule has 0 aliphatic heterocycles. The highest BCUT2D eigenvalue weighted by molar-refractivity contribution is 5.87. The number of carbonyl (C=O) groups excluding carboxylic acids is 2. The molecule has 2 heterocycles. The molecule has 0 spiro atoms. The van der Waals surface area contributed by atoms with Crippen LogP contribution in [0.4, 0.5) is 11.6 Å². The molecule has 0 fully saturated rings. The van der Waals surface area contributed by atoms with Gasteiger partial charge >= 0.3 is 0 Å². The van der Waals surface area contributed by atoms with Crippen molar-refractivity contribution in [2.24, 2.45) is 0 Å². The second-order valence-corrected chi connectivity index (χ2v) is 4.69. The lowest BCUT2D eigenvalue weighted by atomic mass is 10.4. The minimum absolute atomic E-state index is 0.0944. The van der Waals surface area contributed by atoms with Crippen molar-refractivity contribution in [3.63, 3.8) is 0 Å². The normalized spacial score (nSPS) is 9.27. The first-order chi connectivity index (χ1) is 10.4. The van der Waals surface area contributed by atoms with Crippen LogP contribution < -0.4 is 10.6 Å². The number of nitrogens with zero attached hydrogens (tertiary/aromatic N) is 2. The van der Waals surface area contributed by atoms with Crippen molar-refractivity contribution in [1.82, 2.24) is 9.97 Å². The number of hydrogen-bond acceptors (Lipinski definition) is 4. The van der Waals surface area contributed by atoms with Crippen molar-refractivity contribution in [2.45, 2.75) is 27.7 Å². The highest BCUT2D eigenvalue weighted by Gasteiger charge is 1.95. The van der Waals surface area contributed by atoms with Crippen LogP contribution in [0.1, 0.15) is 25.2 Å². The van der Waals surface area contributed by atoms with Crippen LogP contribution in [0.25, 0.3) is 0 Å². The Labute approximate surface area is 130 Å². The number of rotatable bonds is 2. The number of pyridine rings is 2. The largest absolute Gasteiger partial charge is 0.311 e. The summed E-state index contributed by atoms with van der Waals surface area (Å²) in [6.07, 6.45) is 0. The van der Waals surface area contributed by atoms with Gasteiger partial charge in [-0.15, -0.1) is 0 Å². The first-order valence-electron chi connectivity index (χ1n) is 6.79. The average Bonchev–Trinajstić information content (AvgIpc) is 2.37. The number of hydrogen-bond donors (Lipinski definition) is 2. The molecule has 2 aromatic heterocycles. The molecule has 116 valence electrons. The molecular formula is C16H20N4O2. The van der Waals surface area contributed by atoms with E-state index in [1.165, 1.54) is 13.8 Å². The topological polar surface area (TPSA) is 84.0 Å². The minimum Gasteiger partial charge on any atom is -0.311 e. The molecular weight excluding hydrogens is 280 g/mol. The molecule has 2 N–H and O–H groups in total. The molecule has 2 rings (SSSR count). The Morgan fingerprint density at radius 1 is 0.773 bits per heavy atom. The summed E-state index contributed by atoms with van der Waals surface area (Å²) < 4.78 is 0. The van der Waals surface area contributed by atoms with Crippen LogP contribution in [-0.4, -0.2) is 21.8 Å². The zero-order valence-corrected chi connectivity index (χ0v) is 13.2. The molecule has 6 nitrogen and oxygen atoms in total. The van der Waals surface area contributed by atoms with Crippen molar-refractivity contribution in [3.05, 3.63) is 47.8 Å². The van der Waals surface area contributed by atoms with E-state index >= 15 is 0 Å². The quantitative estimate of drug-likeness (QED) is 0.893. The summed E-state index contributed by atoms with van der Waals surface area (Å²) in [6.45, 7) is 6.69. The van der Waals surface area contributed by atoms with Crippen molar-refractivity contribution in [1.29, 1.82) is 0 Å². The highest BCUT2D eigenvalue weighted by atomic mass is 16.2. The molecule has 2 aromatic rings. The third-order valence-corrected chi connectivity index (χ3v) is 2.38. The van der Waals surface area contributed by atoms with Crippen LogP contribution in [0.15, 0.2) is 36.4 Å². The lowest BCUT2D eigenvalue weighted by molar-refractivity contribution is -0.115. The van der Waals surface area contributed by atoms with Gasteiger partial charge in [-0.2, -0.15) is 0 Å². The van der Waals surface area contributed by atoms with Crippen molar-refractivity contribution in [2.75, 3.05) is 10.6 Å². The third kappa shape index (κ3) is 7.14. The molecule has 0 atom stereocenters. The van der Waals surface area contributed by atoms with Crippen LogP contribution in [0.5, 0.6) is 0 Å². The Hall–Kier alpha value is -2.76. The van der Waals surface area contributed by atoms with Gasteiger partial charge in [-0.25, -0.2) is 9.97 Å². The fourth-order valence-corrected chi connectivity index (χ4v) is 1.59. The standard InChI is InChI=1S/2C8H10N2O/c2*1-6-4-3-5-8(9-6)10-7(2)11/h2*3-5H,1-2H3,(H,9,10,11). The van der Waals surface area contributed by atoms with Gasteiger partial charge in [0.05, 0.1) is 0 Å². The summed E-state index contributed by atoms with van der Waals surface area (Å²) in [5.41, 5.74) is 1.80. The predicted octanol–water partition coefficient (Wildman–Crippen LogP) is 2.70. The summed E-state index contributed by atoms with van der Waals surface area (Å²) in [5, 5.41) is 5.19. The monoisotopic (exact) mass is 300 g/mol. The number of anilines is 2. The average molecular weight is 300 g/mol. The summed E-state index contributed by atoms with van der Waals surface area (Å²) in [4.78, 5) is 29.3. The van der Waals surface area contributed by atoms with E-state index in [0.29, 0.717) is 11.6 Å². The highest BCUT2D eigenvalue weighted by Crippen LogP contribution is 2.03. The first kappa shape index (κ1) is 17.3. The second kappa shape index (κ2) is 8.51. The van der Waals surface area contributed by atoms with Crippen molar-refractivity contribution >= 4 is 23.5 Å². The Balaban J connectivity index is 0.000000220. The maximum Gasteiger partial charge on any atom is 0.222 e. The second-order valence-electron chi connectivity index (χ2n) is 4.69. The van der Waals surface area contributed by atoms with E-state index in [0.717, 1.165) is 11.4 Å². The Bertz CT molecular complexity index is 599. The molecule has 6 heteroatoms. The molecule has 0 unspecified atom stereocenters. The number of amides is 2. The Morgan fingerprint density at radius 2 is 1.14 bits per heavy atom. The number of aryl methyl sites for hydroxylation is 2. The fraction of sp³-hybridized carbons (Fsp3) is 0.250. The first-order valence-corrected chi connectivity index (χ1v) is 6.79. The molecule has 2 amide bonds. The van der Waals surface area contributed by atoms with Gasteiger partial charge in [0, 0.05) is 25.2 Å². The Morgan fingerprint density at radius 3 is 1.41 bits per heavy atom. The van der Waals surface area contributed by atoms with Crippen LogP contribution >= 0.6 is 0 Å². The van der Waals surface area contributed by atoms with E-state index < -0.39 is 0 Å². The molecule has 0 bridgehead atoms. The maximum atomic E-state index is 10.6. The van der Waals surface area contributed by atoms with Gasteiger partial charge in [0.15, 0.2) is 0 Å². The molecule has 0 saturated carbocycles. The van der Waals surface area contributed by atoms with E-state index in [9.17, 15) is 9.59 Å². The summed E-state index contributed by atoms with van der Waals surface area (Å²) in [7, 11) is 0. The molecule has 0 radical (unpaired) electrons. The van der Waals surface area contributed by atoms with Gasteiger partial charge in [-0.3, -0.25) is 9.59 Å². The molecule has 0 aliphatic rings. The van der Waals surface area contributed by atoms with Gasteiger partial charge in [-0.1, -0.05) is 12.1 Å². The van der Waals surface area contributed by atoms with E-state index in [-0.39, 0.29) is 11.8 Å². The number of carbonyl (C=O) groups is 2. The lowest BCUT2D eigenvalue weighted by Gasteiger charge is -1.99. The molecule has 0 saturated heterocycles. The van der Waals surface area contributed by atoms with Crippen LogP contribution in [-0.2, 0) is 9.59 Å². The summed E-state index contributed by atoms with van der Waals surface area (Å²) in [5.74, 6) is 1.03. The van der Waals surface area contributed by atoms with Gasteiger partial charge < -0.3 is 10.6 Å². The van der Waals surface area contributed by atoms with Crippen LogP contribution in [0.2, 0.25) is 0 Å². The fourth-order valence-electron chi connectivity index (χ4n) is 1.59. The zero-order chi connectivity index (χ0) is 16.5. The predicted molar refractivity (Wildman–Crippen MR) is 86.6 cm³/mol. The molecule has 0 aromatic carbocycles. The van der Waals surface area contributed by atoms with Crippen LogP contribution in [0, 0.1) is 13.8 Å². The minimum atomic E-state index is -0.0944. The molecule has 22 heavy (non-hydrogen) atoms. The van der Waals surface area contributed by atoms with E-state index in [2.05, 4.69) is 20.6 Å². The molecule has 0 aliphatic carbocycles. The van der Waals surface area contributed by atoms with Crippen molar-refractivity contribution in [3.8, 4) is 0 Å².